The number of guanidine groups is 1. The maximum atomic E-state index is 11.8. The van der Waals surface area contributed by atoms with E-state index in [1.54, 1.807) is 7.11 Å². The number of aliphatic imine (C=N–C) groups is 1. The Kier molecular flexibility index (Phi) is 11.2. The summed E-state index contributed by atoms with van der Waals surface area (Å²) in [5.41, 5.74) is 0.737. The standard InChI is InChI=1S/C18H30N4O2.HI/c1-6-19-17(21-12-11-20-16(23)18(2,3)4)22-13-14-7-9-15(24-5)10-8-14;/h7-10H,6,11-13H2,1-5H3,(H,20,23)(H2,19,21,22);1H. The molecule has 1 aromatic carbocycles. The summed E-state index contributed by atoms with van der Waals surface area (Å²) >= 11 is 0. The molecule has 0 aliphatic carbocycles. The Bertz CT molecular complexity index is 539. The van der Waals surface area contributed by atoms with Crippen LogP contribution >= 0.6 is 24.0 Å². The van der Waals surface area contributed by atoms with Crippen LogP contribution in [0.2, 0.25) is 0 Å². The monoisotopic (exact) mass is 462 g/mol. The van der Waals surface area contributed by atoms with E-state index in [9.17, 15) is 4.79 Å². The average Bonchev–Trinajstić information content (AvgIpc) is 2.55. The van der Waals surface area contributed by atoms with Crippen molar-refractivity contribution in [3.05, 3.63) is 29.8 Å². The first-order chi connectivity index (χ1) is 11.4. The number of benzene rings is 1. The number of ether oxygens (including phenoxy) is 1. The zero-order valence-electron chi connectivity index (χ0n) is 15.8. The minimum absolute atomic E-state index is 0. The quantitative estimate of drug-likeness (QED) is 0.252. The van der Waals surface area contributed by atoms with Crippen LogP contribution in [0.3, 0.4) is 0 Å². The van der Waals surface area contributed by atoms with Crippen LogP contribution < -0.4 is 20.7 Å². The second-order valence-electron chi connectivity index (χ2n) is 6.48. The van der Waals surface area contributed by atoms with Crippen molar-refractivity contribution in [3.63, 3.8) is 0 Å². The smallest absolute Gasteiger partial charge is 0.225 e. The summed E-state index contributed by atoms with van der Waals surface area (Å²) in [6, 6.07) is 7.84. The van der Waals surface area contributed by atoms with Gasteiger partial charge in [0, 0.05) is 25.0 Å². The third kappa shape index (κ3) is 9.52. The molecule has 3 N–H and O–H groups in total. The van der Waals surface area contributed by atoms with Crippen LogP contribution in [0.15, 0.2) is 29.3 Å². The first kappa shape index (κ1) is 23.5. The van der Waals surface area contributed by atoms with Crippen LogP contribution in [-0.4, -0.2) is 38.6 Å². The second-order valence-corrected chi connectivity index (χ2v) is 6.48. The highest BCUT2D eigenvalue weighted by atomic mass is 127. The predicted molar refractivity (Wildman–Crippen MR) is 114 cm³/mol. The highest BCUT2D eigenvalue weighted by Gasteiger charge is 2.20. The molecule has 0 heterocycles. The molecule has 0 aliphatic heterocycles. The molecular weight excluding hydrogens is 431 g/mol. The van der Waals surface area contributed by atoms with Gasteiger partial charge < -0.3 is 20.7 Å². The first-order valence-electron chi connectivity index (χ1n) is 8.30. The van der Waals surface area contributed by atoms with E-state index in [0.717, 1.165) is 23.8 Å². The molecule has 0 saturated carbocycles. The molecule has 0 aliphatic rings. The lowest BCUT2D eigenvalue weighted by molar-refractivity contribution is -0.128. The van der Waals surface area contributed by atoms with Gasteiger partial charge in [0.15, 0.2) is 5.96 Å². The van der Waals surface area contributed by atoms with E-state index in [4.69, 9.17) is 4.74 Å². The van der Waals surface area contributed by atoms with Crippen LogP contribution in [0.25, 0.3) is 0 Å². The summed E-state index contributed by atoms with van der Waals surface area (Å²) in [4.78, 5) is 16.3. The number of hydrogen-bond donors (Lipinski definition) is 3. The van der Waals surface area contributed by atoms with Gasteiger partial charge in [-0.05, 0) is 24.6 Å². The van der Waals surface area contributed by atoms with E-state index in [1.165, 1.54) is 0 Å². The van der Waals surface area contributed by atoms with Crippen LogP contribution in [-0.2, 0) is 11.3 Å². The minimum atomic E-state index is -0.368. The molecule has 1 aromatic rings. The zero-order chi connectivity index (χ0) is 18.0. The number of hydrogen-bond acceptors (Lipinski definition) is 3. The van der Waals surface area contributed by atoms with Crippen molar-refractivity contribution in [2.45, 2.75) is 34.2 Å². The number of nitrogens with one attached hydrogen (secondary N) is 3. The van der Waals surface area contributed by atoms with Gasteiger partial charge in [0.25, 0.3) is 0 Å². The molecule has 1 amide bonds. The number of methoxy groups -OCH3 is 1. The molecule has 7 heteroatoms. The topological polar surface area (TPSA) is 74.8 Å². The lowest BCUT2D eigenvalue weighted by Gasteiger charge is -2.18. The second kappa shape index (κ2) is 11.9. The Labute approximate surface area is 168 Å². The Balaban J connectivity index is 0.00000576. The highest BCUT2D eigenvalue weighted by Crippen LogP contribution is 2.12. The fourth-order valence-electron chi connectivity index (χ4n) is 1.87. The zero-order valence-corrected chi connectivity index (χ0v) is 18.1. The average molecular weight is 462 g/mol. The molecule has 142 valence electrons. The van der Waals surface area contributed by atoms with Crippen molar-refractivity contribution in [1.82, 2.24) is 16.0 Å². The Hall–Kier alpha value is -1.51. The van der Waals surface area contributed by atoms with Gasteiger partial charge in [0.05, 0.1) is 13.7 Å². The molecule has 0 fully saturated rings. The Morgan fingerprint density at radius 1 is 1.08 bits per heavy atom. The highest BCUT2D eigenvalue weighted by molar-refractivity contribution is 14.0. The van der Waals surface area contributed by atoms with Crippen molar-refractivity contribution in [2.24, 2.45) is 10.4 Å². The van der Waals surface area contributed by atoms with Gasteiger partial charge in [0.1, 0.15) is 5.75 Å². The van der Waals surface area contributed by atoms with Gasteiger partial charge in [-0.2, -0.15) is 0 Å². The molecule has 0 saturated heterocycles. The summed E-state index contributed by atoms with van der Waals surface area (Å²) in [6.45, 7) is 10.3. The lowest BCUT2D eigenvalue weighted by Crippen LogP contribution is -2.43. The third-order valence-corrected chi connectivity index (χ3v) is 3.31. The number of carbonyl (C=O) groups excluding carboxylic acids is 1. The summed E-state index contributed by atoms with van der Waals surface area (Å²) < 4.78 is 5.15. The van der Waals surface area contributed by atoms with E-state index >= 15 is 0 Å². The van der Waals surface area contributed by atoms with Gasteiger partial charge >= 0.3 is 0 Å². The van der Waals surface area contributed by atoms with Gasteiger partial charge in [-0.3, -0.25) is 4.79 Å². The number of carbonyl (C=O) groups is 1. The van der Waals surface area contributed by atoms with Gasteiger partial charge in [-0.25, -0.2) is 4.99 Å². The van der Waals surface area contributed by atoms with Crippen molar-refractivity contribution < 1.29 is 9.53 Å². The first-order valence-corrected chi connectivity index (χ1v) is 8.30. The molecule has 1 rings (SSSR count). The Morgan fingerprint density at radius 3 is 2.20 bits per heavy atom. The van der Waals surface area contributed by atoms with Crippen LogP contribution in [0, 0.1) is 5.41 Å². The molecule has 0 spiro atoms. The fraction of sp³-hybridized carbons (Fsp3) is 0.556. The van der Waals surface area contributed by atoms with Crippen LogP contribution in [0.5, 0.6) is 5.75 Å². The van der Waals surface area contributed by atoms with Gasteiger partial charge in [-0.15, -0.1) is 24.0 Å². The van der Waals surface area contributed by atoms with Gasteiger partial charge in [0.2, 0.25) is 5.91 Å². The maximum Gasteiger partial charge on any atom is 0.225 e. The van der Waals surface area contributed by atoms with E-state index in [2.05, 4.69) is 20.9 Å². The van der Waals surface area contributed by atoms with Crippen molar-refractivity contribution in [3.8, 4) is 5.75 Å². The SMILES string of the molecule is CCNC(=NCc1ccc(OC)cc1)NCCNC(=O)C(C)(C)C.I. The largest absolute Gasteiger partial charge is 0.497 e. The number of nitrogens with zero attached hydrogens (tertiary/aromatic N) is 1. The number of halogens is 1. The van der Waals surface area contributed by atoms with E-state index < -0.39 is 0 Å². The van der Waals surface area contributed by atoms with E-state index in [1.807, 2.05) is 52.0 Å². The third-order valence-electron chi connectivity index (χ3n) is 3.31. The van der Waals surface area contributed by atoms with E-state index in [0.29, 0.717) is 19.6 Å². The lowest BCUT2D eigenvalue weighted by atomic mass is 9.96. The minimum Gasteiger partial charge on any atom is -0.497 e. The fourth-order valence-corrected chi connectivity index (χ4v) is 1.87. The molecule has 0 atom stereocenters. The van der Waals surface area contributed by atoms with Crippen LogP contribution in [0.4, 0.5) is 0 Å². The number of amides is 1. The normalized spacial score (nSPS) is 11.3. The number of rotatable bonds is 7. The molecule has 0 bridgehead atoms. The molecule has 0 aromatic heterocycles. The summed E-state index contributed by atoms with van der Waals surface area (Å²) in [7, 11) is 1.65. The predicted octanol–water partition coefficient (Wildman–Crippen LogP) is 2.53. The molecule has 25 heavy (non-hydrogen) atoms. The van der Waals surface area contributed by atoms with Crippen molar-refractivity contribution in [1.29, 1.82) is 0 Å². The van der Waals surface area contributed by atoms with Crippen LogP contribution in [0.1, 0.15) is 33.3 Å². The maximum absolute atomic E-state index is 11.8. The van der Waals surface area contributed by atoms with Crippen molar-refractivity contribution in [2.75, 3.05) is 26.7 Å². The Morgan fingerprint density at radius 2 is 1.68 bits per heavy atom. The summed E-state index contributed by atoms with van der Waals surface area (Å²) in [6.07, 6.45) is 0. The molecule has 6 nitrogen and oxygen atoms in total. The molecule has 0 radical (unpaired) electrons. The van der Waals surface area contributed by atoms with Gasteiger partial charge in [-0.1, -0.05) is 32.9 Å². The molecule has 0 unspecified atom stereocenters. The summed E-state index contributed by atoms with van der Waals surface area (Å²) in [5, 5.41) is 9.32. The van der Waals surface area contributed by atoms with E-state index in [-0.39, 0.29) is 35.3 Å². The molecular formula is C18H31IN4O2. The van der Waals surface area contributed by atoms with Crippen molar-refractivity contribution >= 4 is 35.8 Å². The summed E-state index contributed by atoms with van der Waals surface area (Å²) in [5.74, 6) is 1.62.